The summed E-state index contributed by atoms with van der Waals surface area (Å²) in [6, 6.07) is 11.6. The Bertz CT molecular complexity index is 1300. The zero-order valence-electron chi connectivity index (χ0n) is 18.7. The van der Waals surface area contributed by atoms with Crippen LogP contribution in [-0.4, -0.2) is 57.4 Å². The minimum atomic E-state index is -0.478. The first-order chi connectivity index (χ1) is 17.2. The Hall–Kier alpha value is -4.51. The molecule has 0 atom stereocenters. The fraction of sp³-hybridized carbons (Fsp3) is 0.167. The number of pyridine rings is 1. The number of rotatable bonds is 7. The fourth-order valence-corrected chi connectivity index (χ4v) is 3.49. The van der Waals surface area contributed by atoms with Crippen molar-refractivity contribution in [2.75, 3.05) is 41.9 Å². The average molecular weight is 472 g/mol. The lowest BCUT2D eigenvalue weighted by atomic mass is 10.1. The van der Waals surface area contributed by atoms with Gasteiger partial charge in [-0.15, -0.1) is 0 Å². The minimum absolute atomic E-state index is 0.199. The van der Waals surface area contributed by atoms with Crippen LogP contribution in [0.3, 0.4) is 0 Å². The number of morpholine rings is 1. The van der Waals surface area contributed by atoms with Gasteiger partial charge in [-0.25, -0.2) is 14.8 Å². The van der Waals surface area contributed by atoms with Gasteiger partial charge < -0.3 is 15.0 Å². The summed E-state index contributed by atoms with van der Waals surface area (Å²) in [6.07, 6.45) is 9.42. The number of hydrazone groups is 1. The molecule has 1 saturated heterocycles. The lowest BCUT2D eigenvalue weighted by Crippen LogP contribution is -2.37. The van der Waals surface area contributed by atoms with Crippen LogP contribution in [0, 0.1) is 5.82 Å². The maximum absolute atomic E-state index is 14.1. The van der Waals surface area contributed by atoms with E-state index in [0.717, 1.165) is 28.8 Å². The number of nitrogens with zero attached hydrogens (tertiary/aromatic N) is 7. The number of nitrogens with one attached hydrogen (secondary N) is 2. The quantitative estimate of drug-likeness (QED) is 0.309. The van der Waals surface area contributed by atoms with E-state index in [-0.39, 0.29) is 11.8 Å². The standard InChI is InChI=1S/C24H22FN9O/c25-21-15-29-24(32-23(21)34-8-10-35-11-9-34)33-30-14-19-4-5-20(13-28-19)31-18-3-1-2-17(12-18)22-16-26-6-7-27-22/h1-7,12-16,31H,8-11H2,(H,29,32,33)/b30-14+. The number of hydrogen-bond donors (Lipinski definition) is 2. The topological polar surface area (TPSA) is 113 Å². The van der Waals surface area contributed by atoms with E-state index >= 15 is 0 Å². The van der Waals surface area contributed by atoms with Crippen molar-refractivity contribution < 1.29 is 9.13 Å². The molecule has 1 aromatic carbocycles. The molecule has 0 saturated carbocycles. The van der Waals surface area contributed by atoms with E-state index < -0.39 is 5.82 Å². The number of aromatic nitrogens is 5. The molecule has 0 bridgehead atoms. The van der Waals surface area contributed by atoms with Crippen LogP contribution in [0.5, 0.6) is 0 Å². The van der Waals surface area contributed by atoms with Crippen LogP contribution >= 0.6 is 0 Å². The molecule has 1 aliphatic rings. The first-order valence-corrected chi connectivity index (χ1v) is 11.0. The third-order valence-electron chi connectivity index (χ3n) is 5.19. The highest BCUT2D eigenvalue weighted by Gasteiger charge is 2.17. The van der Waals surface area contributed by atoms with Gasteiger partial charge in [-0.1, -0.05) is 12.1 Å². The molecule has 11 heteroatoms. The fourth-order valence-electron chi connectivity index (χ4n) is 3.49. The smallest absolute Gasteiger partial charge is 0.245 e. The van der Waals surface area contributed by atoms with Crippen molar-refractivity contribution in [2.45, 2.75) is 0 Å². The zero-order chi connectivity index (χ0) is 23.9. The summed E-state index contributed by atoms with van der Waals surface area (Å²) < 4.78 is 19.5. The minimum Gasteiger partial charge on any atom is -0.378 e. The molecule has 4 heterocycles. The number of ether oxygens (including phenoxy) is 1. The van der Waals surface area contributed by atoms with Gasteiger partial charge in [-0.3, -0.25) is 15.0 Å². The largest absolute Gasteiger partial charge is 0.378 e. The first kappa shape index (κ1) is 22.3. The molecular formula is C24H22FN9O. The van der Waals surface area contributed by atoms with E-state index in [1.165, 1.54) is 0 Å². The lowest BCUT2D eigenvalue weighted by Gasteiger charge is -2.27. The van der Waals surface area contributed by atoms with Gasteiger partial charge >= 0.3 is 0 Å². The van der Waals surface area contributed by atoms with Gasteiger partial charge in [0, 0.05) is 36.7 Å². The molecule has 4 aromatic rings. The maximum Gasteiger partial charge on any atom is 0.245 e. The van der Waals surface area contributed by atoms with Crippen molar-refractivity contribution in [1.29, 1.82) is 0 Å². The van der Waals surface area contributed by atoms with Crippen molar-refractivity contribution in [3.05, 3.63) is 78.9 Å². The lowest BCUT2D eigenvalue weighted by molar-refractivity contribution is 0.122. The van der Waals surface area contributed by atoms with Crippen molar-refractivity contribution in [1.82, 2.24) is 24.9 Å². The summed E-state index contributed by atoms with van der Waals surface area (Å²) in [5.41, 5.74) is 6.86. The van der Waals surface area contributed by atoms with Gasteiger partial charge in [0.1, 0.15) is 0 Å². The highest BCUT2D eigenvalue weighted by atomic mass is 19.1. The molecule has 1 aliphatic heterocycles. The van der Waals surface area contributed by atoms with Gasteiger partial charge in [0.05, 0.1) is 55.1 Å². The van der Waals surface area contributed by atoms with Crippen LogP contribution in [0.2, 0.25) is 0 Å². The van der Waals surface area contributed by atoms with Gasteiger partial charge in [-0.05, 0) is 24.3 Å². The zero-order valence-corrected chi connectivity index (χ0v) is 18.7. The molecule has 0 unspecified atom stereocenters. The Balaban J connectivity index is 1.20. The highest BCUT2D eigenvalue weighted by Crippen LogP contribution is 2.23. The maximum atomic E-state index is 14.1. The summed E-state index contributed by atoms with van der Waals surface area (Å²) in [7, 11) is 0. The summed E-state index contributed by atoms with van der Waals surface area (Å²) >= 11 is 0. The third kappa shape index (κ3) is 5.71. The Kier molecular flexibility index (Phi) is 6.76. The molecule has 1 fully saturated rings. The van der Waals surface area contributed by atoms with E-state index in [1.54, 1.807) is 31.0 Å². The van der Waals surface area contributed by atoms with Crippen LogP contribution in [-0.2, 0) is 4.74 Å². The van der Waals surface area contributed by atoms with E-state index in [2.05, 4.69) is 40.8 Å². The van der Waals surface area contributed by atoms with Crippen LogP contribution in [0.25, 0.3) is 11.3 Å². The third-order valence-corrected chi connectivity index (χ3v) is 5.19. The molecule has 176 valence electrons. The van der Waals surface area contributed by atoms with E-state index in [9.17, 15) is 4.39 Å². The van der Waals surface area contributed by atoms with Crippen LogP contribution in [0.4, 0.5) is 27.5 Å². The second-order valence-corrected chi connectivity index (χ2v) is 7.60. The van der Waals surface area contributed by atoms with Crippen molar-refractivity contribution in [2.24, 2.45) is 5.10 Å². The Morgan fingerprint density at radius 3 is 2.69 bits per heavy atom. The molecule has 2 N–H and O–H groups in total. The molecule has 5 rings (SSSR count). The molecular weight excluding hydrogens is 449 g/mol. The van der Waals surface area contributed by atoms with Crippen LogP contribution < -0.4 is 15.6 Å². The van der Waals surface area contributed by atoms with Crippen LogP contribution in [0.1, 0.15) is 5.69 Å². The van der Waals surface area contributed by atoms with Gasteiger partial charge in [0.25, 0.3) is 0 Å². The molecule has 0 amide bonds. The van der Waals surface area contributed by atoms with E-state index in [0.29, 0.717) is 32.0 Å². The van der Waals surface area contributed by atoms with Crippen molar-refractivity contribution >= 4 is 29.4 Å². The summed E-state index contributed by atoms with van der Waals surface area (Å²) in [6.45, 7) is 2.22. The van der Waals surface area contributed by atoms with E-state index in [1.807, 2.05) is 41.3 Å². The number of hydrogen-bond acceptors (Lipinski definition) is 10. The van der Waals surface area contributed by atoms with E-state index in [4.69, 9.17) is 4.74 Å². The van der Waals surface area contributed by atoms with Gasteiger partial charge in [0.15, 0.2) is 11.6 Å². The van der Waals surface area contributed by atoms with Crippen molar-refractivity contribution in [3.63, 3.8) is 0 Å². The second-order valence-electron chi connectivity index (χ2n) is 7.60. The SMILES string of the molecule is Fc1cnc(N/N=C/c2ccc(Nc3cccc(-c4cnccn4)c3)cn2)nc1N1CCOCC1. The molecule has 3 aromatic heterocycles. The molecule has 35 heavy (non-hydrogen) atoms. The summed E-state index contributed by atoms with van der Waals surface area (Å²) in [5, 5.41) is 7.45. The Morgan fingerprint density at radius 2 is 1.89 bits per heavy atom. The Labute approximate surface area is 201 Å². The summed E-state index contributed by atoms with van der Waals surface area (Å²) in [5.74, 6) is -0.0447. The Morgan fingerprint density at radius 1 is 0.971 bits per heavy atom. The predicted molar refractivity (Wildman–Crippen MR) is 131 cm³/mol. The van der Waals surface area contributed by atoms with Gasteiger partial charge in [0.2, 0.25) is 5.95 Å². The van der Waals surface area contributed by atoms with Crippen LogP contribution in [0.15, 0.2) is 72.5 Å². The number of anilines is 4. The second kappa shape index (κ2) is 10.6. The predicted octanol–water partition coefficient (Wildman–Crippen LogP) is 3.49. The first-order valence-electron chi connectivity index (χ1n) is 11.0. The van der Waals surface area contributed by atoms with Crippen molar-refractivity contribution in [3.8, 4) is 11.3 Å². The average Bonchev–Trinajstić information content (AvgIpc) is 2.92. The monoisotopic (exact) mass is 471 g/mol. The molecule has 10 nitrogen and oxygen atoms in total. The highest BCUT2D eigenvalue weighted by molar-refractivity contribution is 5.78. The molecule has 0 aliphatic carbocycles. The molecule has 0 radical (unpaired) electrons. The number of benzene rings is 1. The number of halogens is 1. The normalized spacial score (nSPS) is 13.7. The molecule has 0 spiro atoms. The summed E-state index contributed by atoms with van der Waals surface area (Å²) in [4.78, 5) is 22.9. The van der Waals surface area contributed by atoms with Gasteiger partial charge in [-0.2, -0.15) is 10.1 Å².